The van der Waals surface area contributed by atoms with Gasteiger partial charge in [-0.2, -0.15) is 0 Å². The number of benzene rings is 1. The maximum atomic E-state index is 11.3. The lowest BCUT2D eigenvalue weighted by Gasteiger charge is -2.18. The Morgan fingerprint density at radius 3 is 2.76 bits per heavy atom. The number of anilines is 1. The predicted molar refractivity (Wildman–Crippen MR) is 70.8 cm³/mol. The Morgan fingerprint density at radius 2 is 2.06 bits per heavy atom. The lowest BCUT2D eigenvalue weighted by molar-refractivity contribution is 0.560. The summed E-state index contributed by atoms with van der Waals surface area (Å²) in [5.41, 5.74) is 2.41. The predicted octanol–water partition coefficient (Wildman–Crippen LogP) is 2.95. The van der Waals surface area contributed by atoms with Gasteiger partial charge in [0.1, 0.15) is 5.58 Å². The molecule has 0 bridgehead atoms. The molecule has 0 aliphatic heterocycles. The first-order valence-electron chi connectivity index (χ1n) is 5.87. The van der Waals surface area contributed by atoms with Gasteiger partial charge in [-0.3, -0.25) is 0 Å². The number of fused-ring (bicyclic) bond motifs is 1. The van der Waals surface area contributed by atoms with Gasteiger partial charge >= 0.3 is 5.63 Å². The van der Waals surface area contributed by atoms with E-state index in [0.717, 1.165) is 29.6 Å². The average molecular weight is 231 g/mol. The molecule has 90 valence electrons. The molecule has 0 radical (unpaired) electrons. The number of nitrogens with zero attached hydrogens (tertiary/aromatic N) is 1. The Labute approximate surface area is 101 Å². The van der Waals surface area contributed by atoms with Crippen LogP contribution in [0.25, 0.3) is 11.0 Å². The minimum Gasteiger partial charge on any atom is -0.423 e. The summed E-state index contributed by atoms with van der Waals surface area (Å²) < 4.78 is 5.23. The van der Waals surface area contributed by atoms with Crippen LogP contribution in [0.4, 0.5) is 5.69 Å². The highest BCUT2D eigenvalue weighted by atomic mass is 16.4. The van der Waals surface area contributed by atoms with Crippen LogP contribution in [0.15, 0.2) is 33.5 Å². The van der Waals surface area contributed by atoms with Crippen molar-refractivity contribution in [1.29, 1.82) is 0 Å². The molecule has 0 aliphatic carbocycles. The molecule has 17 heavy (non-hydrogen) atoms. The second-order valence-electron chi connectivity index (χ2n) is 4.35. The molecule has 0 unspecified atom stereocenters. The highest BCUT2D eigenvalue weighted by molar-refractivity contribution is 5.83. The smallest absolute Gasteiger partial charge is 0.336 e. The van der Waals surface area contributed by atoms with Crippen molar-refractivity contribution >= 4 is 16.7 Å². The molecule has 1 aromatic heterocycles. The zero-order valence-corrected chi connectivity index (χ0v) is 10.5. The van der Waals surface area contributed by atoms with Crippen LogP contribution in [-0.2, 0) is 0 Å². The van der Waals surface area contributed by atoms with Crippen LogP contribution in [0.5, 0.6) is 0 Å². The molecule has 0 spiro atoms. The van der Waals surface area contributed by atoms with E-state index in [9.17, 15) is 4.79 Å². The van der Waals surface area contributed by atoms with Crippen LogP contribution in [0.2, 0.25) is 0 Å². The van der Waals surface area contributed by atoms with Gasteiger partial charge in [0.25, 0.3) is 0 Å². The third-order valence-corrected chi connectivity index (χ3v) is 2.93. The number of aryl methyl sites for hydroxylation is 1. The molecule has 0 aliphatic rings. The Balaban J connectivity index is 2.53. The van der Waals surface area contributed by atoms with Crippen LogP contribution >= 0.6 is 0 Å². The summed E-state index contributed by atoms with van der Waals surface area (Å²) in [6.45, 7) is 5.05. The largest absolute Gasteiger partial charge is 0.423 e. The third kappa shape index (κ3) is 2.33. The minimum atomic E-state index is -0.287. The van der Waals surface area contributed by atoms with Gasteiger partial charge < -0.3 is 9.32 Å². The molecule has 2 aromatic rings. The lowest BCUT2D eigenvalue weighted by atomic mass is 10.1. The highest BCUT2D eigenvalue weighted by Gasteiger charge is 2.05. The first-order valence-corrected chi connectivity index (χ1v) is 5.87. The minimum absolute atomic E-state index is 0.287. The molecule has 0 saturated carbocycles. The fourth-order valence-corrected chi connectivity index (χ4v) is 2.02. The Hall–Kier alpha value is -1.77. The van der Waals surface area contributed by atoms with Crippen molar-refractivity contribution < 1.29 is 4.42 Å². The van der Waals surface area contributed by atoms with E-state index in [1.54, 1.807) is 0 Å². The number of rotatable bonds is 3. The van der Waals surface area contributed by atoms with Crippen molar-refractivity contribution in [3.63, 3.8) is 0 Å². The summed E-state index contributed by atoms with van der Waals surface area (Å²) in [6.07, 6.45) is 1.09. The summed E-state index contributed by atoms with van der Waals surface area (Å²) >= 11 is 0. The SMILES string of the molecule is CCCN(C)c1ccc2c(C)cc(=O)oc2c1. The summed E-state index contributed by atoms with van der Waals surface area (Å²) in [5.74, 6) is 0. The van der Waals surface area contributed by atoms with Crippen LogP contribution in [0, 0.1) is 6.92 Å². The van der Waals surface area contributed by atoms with Crippen molar-refractivity contribution in [2.75, 3.05) is 18.5 Å². The van der Waals surface area contributed by atoms with E-state index in [-0.39, 0.29) is 5.63 Å². The lowest BCUT2D eigenvalue weighted by Crippen LogP contribution is -2.17. The molecule has 3 nitrogen and oxygen atoms in total. The maximum Gasteiger partial charge on any atom is 0.336 e. The zero-order chi connectivity index (χ0) is 12.4. The van der Waals surface area contributed by atoms with Crippen molar-refractivity contribution in [3.05, 3.63) is 40.2 Å². The van der Waals surface area contributed by atoms with E-state index in [1.165, 1.54) is 6.07 Å². The molecular weight excluding hydrogens is 214 g/mol. The molecule has 0 amide bonds. The number of hydrogen-bond donors (Lipinski definition) is 0. The molecule has 0 atom stereocenters. The molecule has 0 saturated heterocycles. The Kier molecular flexibility index (Phi) is 3.18. The first kappa shape index (κ1) is 11.7. The fourth-order valence-electron chi connectivity index (χ4n) is 2.02. The highest BCUT2D eigenvalue weighted by Crippen LogP contribution is 2.22. The van der Waals surface area contributed by atoms with E-state index in [1.807, 2.05) is 26.1 Å². The van der Waals surface area contributed by atoms with Gasteiger partial charge in [-0.25, -0.2) is 4.79 Å². The molecule has 0 fully saturated rings. The summed E-state index contributed by atoms with van der Waals surface area (Å²) in [6, 6.07) is 7.53. The van der Waals surface area contributed by atoms with Crippen molar-refractivity contribution in [3.8, 4) is 0 Å². The van der Waals surface area contributed by atoms with Gasteiger partial charge in [0.05, 0.1) is 0 Å². The van der Waals surface area contributed by atoms with Gasteiger partial charge in [0, 0.05) is 36.8 Å². The van der Waals surface area contributed by atoms with Crippen LogP contribution in [-0.4, -0.2) is 13.6 Å². The van der Waals surface area contributed by atoms with E-state index in [4.69, 9.17) is 4.42 Å². The number of hydrogen-bond acceptors (Lipinski definition) is 3. The molecule has 3 heteroatoms. The van der Waals surface area contributed by atoms with Gasteiger partial charge in [-0.15, -0.1) is 0 Å². The van der Waals surface area contributed by atoms with Crippen molar-refractivity contribution in [2.24, 2.45) is 0 Å². The van der Waals surface area contributed by atoms with Crippen molar-refractivity contribution in [1.82, 2.24) is 0 Å². The standard InChI is InChI=1S/C14H17NO2/c1-4-7-15(3)11-5-6-12-10(2)8-14(16)17-13(12)9-11/h5-6,8-9H,4,7H2,1-3H3. The first-order chi connectivity index (χ1) is 8.11. The van der Waals surface area contributed by atoms with Gasteiger partial charge in [0.2, 0.25) is 0 Å². The maximum absolute atomic E-state index is 11.3. The Bertz CT molecular complexity index is 586. The molecule has 1 aromatic carbocycles. The topological polar surface area (TPSA) is 33.5 Å². The molecular formula is C14H17NO2. The van der Waals surface area contributed by atoms with E-state index < -0.39 is 0 Å². The zero-order valence-electron chi connectivity index (χ0n) is 10.5. The normalized spacial score (nSPS) is 10.8. The second-order valence-corrected chi connectivity index (χ2v) is 4.35. The summed E-state index contributed by atoms with van der Waals surface area (Å²) in [4.78, 5) is 13.5. The van der Waals surface area contributed by atoms with Crippen molar-refractivity contribution in [2.45, 2.75) is 20.3 Å². The van der Waals surface area contributed by atoms with Crippen LogP contribution in [0.3, 0.4) is 0 Å². The van der Waals surface area contributed by atoms with Gasteiger partial charge in [-0.05, 0) is 31.0 Å². The van der Waals surface area contributed by atoms with Gasteiger partial charge in [-0.1, -0.05) is 6.92 Å². The van der Waals surface area contributed by atoms with Crippen LogP contribution < -0.4 is 10.5 Å². The average Bonchev–Trinajstić information content (AvgIpc) is 2.28. The molecule has 2 rings (SSSR count). The monoisotopic (exact) mass is 231 g/mol. The van der Waals surface area contributed by atoms with E-state index in [2.05, 4.69) is 17.9 Å². The van der Waals surface area contributed by atoms with Crippen LogP contribution in [0.1, 0.15) is 18.9 Å². The van der Waals surface area contributed by atoms with Gasteiger partial charge in [0.15, 0.2) is 0 Å². The Morgan fingerprint density at radius 1 is 1.29 bits per heavy atom. The fraction of sp³-hybridized carbons (Fsp3) is 0.357. The second kappa shape index (κ2) is 4.62. The quantitative estimate of drug-likeness (QED) is 0.761. The summed E-state index contributed by atoms with van der Waals surface area (Å²) in [7, 11) is 2.04. The summed E-state index contributed by atoms with van der Waals surface area (Å²) in [5, 5.41) is 0.998. The molecule has 1 heterocycles. The van der Waals surface area contributed by atoms with E-state index in [0.29, 0.717) is 5.58 Å². The molecule has 0 N–H and O–H groups in total. The third-order valence-electron chi connectivity index (χ3n) is 2.93. The van der Waals surface area contributed by atoms with E-state index >= 15 is 0 Å².